The SMILES string of the molecule is CCOc1cc2c(cc1NC(=O)CCCN(C)C)C(Nc1ccc(OCC3C(C)CCCN3C)cc1)C(C#N)C=N2. The molecule has 41 heavy (non-hydrogen) atoms. The lowest BCUT2D eigenvalue weighted by atomic mass is 9.90. The van der Waals surface area contributed by atoms with Crippen LogP contribution in [0.3, 0.4) is 0 Å². The topological polar surface area (TPSA) is 102 Å². The van der Waals surface area contributed by atoms with E-state index in [1.165, 1.54) is 12.8 Å². The third-order valence-corrected chi connectivity index (χ3v) is 7.92. The zero-order valence-corrected chi connectivity index (χ0v) is 25.0. The summed E-state index contributed by atoms with van der Waals surface area (Å²) in [5, 5.41) is 16.5. The van der Waals surface area contributed by atoms with E-state index in [2.05, 4.69) is 45.5 Å². The van der Waals surface area contributed by atoms with Crippen molar-refractivity contribution in [2.24, 2.45) is 16.8 Å². The summed E-state index contributed by atoms with van der Waals surface area (Å²) in [6, 6.07) is 14.0. The Bertz CT molecular complexity index is 1230. The predicted octanol–water partition coefficient (Wildman–Crippen LogP) is 5.48. The second-order valence-corrected chi connectivity index (χ2v) is 11.4. The molecule has 2 N–H and O–H groups in total. The number of likely N-dealkylation sites (tertiary alicyclic amines) is 1. The first-order chi connectivity index (χ1) is 19.8. The molecule has 2 aliphatic rings. The van der Waals surface area contributed by atoms with Gasteiger partial charge < -0.3 is 25.0 Å². The van der Waals surface area contributed by atoms with Crippen LogP contribution in [0.1, 0.15) is 51.1 Å². The Morgan fingerprint density at radius 3 is 2.68 bits per heavy atom. The van der Waals surface area contributed by atoms with Gasteiger partial charge in [-0.1, -0.05) is 6.92 Å². The Kier molecular flexibility index (Phi) is 10.6. The van der Waals surface area contributed by atoms with Crippen molar-refractivity contribution in [1.82, 2.24) is 9.80 Å². The normalized spacial score (nSPS) is 22.1. The van der Waals surface area contributed by atoms with Crippen LogP contribution in [-0.4, -0.2) is 75.4 Å². The number of rotatable bonds is 12. The molecule has 220 valence electrons. The van der Waals surface area contributed by atoms with Crippen LogP contribution in [0, 0.1) is 23.2 Å². The number of nitrogens with one attached hydrogen (secondary N) is 2. The molecule has 4 rings (SSSR count). The lowest BCUT2D eigenvalue weighted by Gasteiger charge is -2.37. The van der Waals surface area contributed by atoms with Gasteiger partial charge in [0, 0.05) is 36.0 Å². The summed E-state index contributed by atoms with van der Waals surface area (Å²) in [4.78, 5) is 21.7. The Hall–Kier alpha value is -3.61. The lowest BCUT2D eigenvalue weighted by Crippen LogP contribution is -2.45. The summed E-state index contributed by atoms with van der Waals surface area (Å²) in [5.41, 5.74) is 3.01. The molecule has 2 aromatic carbocycles. The molecule has 9 nitrogen and oxygen atoms in total. The maximum Gasteiger partial charge on any atom is 0.224 e. The van der Waals surface area contributed by atoms with Crippen molar-refractivity contribution in [3.05, 3.63) is 42.0 Å². The summed E-state index contributed by atoms with van der Waals surface area (Å²) in [6.07, 6.45) is 5.32. The Balaban J connectivity index is 1.49. The summed E-state index contributed by atoms with van der Waals surface area (Å²) < 4.78 is 12.0. The number of likely N-dealkylation sites (N-methyl/N-ethyl adjacent to an activating group) is 1. The average Bonchev–Trinajstić information content (AvgIpc) is 2.94. The number of hydrogen-bond acceptors (Lipinski definition) is 8. The summed E-state index contributed by atoms with van der Waals surface area (Å²) in [6.45, 7) is 7.27. The highest BCUT2D eigenvalue weighted by Crippen LogP contribution is 2.42. The van der Waals surface area contributed by atoms with Gasteiger partial charge >= 0.3 is 0 Å². The second-order valence-electron chi connectivity index (χ2n) is 11.4. The fraction of sp³-hybridized carbons (Fsp3) is 0.531. The summed E-state index contributed by atoms with van der Waals surface area (Å²) >= 11 is 0. The largest absolute Gasteiger partial charge is 0.492 e. The van der Waals surface area contributed by atoms with Gasteiger partial charge in [-0.3, -0.25) is 14.7 Å². The van der Waals surface area contributed by atoms with Crippen molar-refractivity contribution < 1.29 is 14.3 Å². The van der Waals surface area contributed by atoms with Gasteiger partial charge in [0.2, 0.25) is 5.91 Å². The van der Waals surface area contributed by atoms with Crippen molar-refractivity contribution in [3.63, 3.8) is 0 Å². The van der Waals surface area contributed by atoms with Gasteiger partial charge in [-0.15, -0.1) is 0 Å². The predicted molar refractivity (Wildman–Crippen MR) is 164 cm³/mol. The molecule has 1 amide bonds. The highest BCUT2D eigenvalue weighted by atomic mass is 16.5. The van der Waals surface area contributed by atoms with E-state index < -0.39 is 5.92 Å². The third-order valence-electron chi connectivity index (χ3n) is 7.92. The molecule has 0 saturated carbocycles. The van der Waals surface area contributed by atoms with E-state index in [0.29, 0.717) is 48.7 Å². The van der Waals surface area contributed by atoms with Crippen LogP contribution >= 0.6 is 0 Å². The molecule has 0 radical (unpaired) electrons. The molecule has 1 saturated heterocycles. The van der Waals surface area contributed by atoms with E-state index in [-0.39, 0.29) is 11.9 Å². The average molecular weight is 561 g/mol. The van der Waals surface area contributed by atoms with Crippen LogP contribution in [0.5, 0.6) is 11.5 Å². The van der Waals surface area contributed by atoms with Gasteiger partial charge in [-0.05, 0) is 96.7 Å². The molecule has 0 aliphatic carbocycles. The number of nitriles is 1. The molecule has 0 aromatic heterocycles. The minimum atomic E-state index is -0.483. The number of ether oxygens (including phenoxy) is 2. The van der Waals surface area contributed by atoms with E-state index in [0.717, 1.165) is 36.5 Å². The lowest BCUT2D eigenvalue weighted by molar-refractivity contribution is -0.116. The number of carbonyl (C=O) groups is 1. The molecule has 2 heterocycles. The van der Waals surface area contributed by atoms with Crippen LogP contribution in [0.25, 0.3) is 0 Å². The molecule has 4 atom stereocenters. The highest BCUT2D eigenvalue weighted by Gasteiger charge is 2.30. The fourth-order valence-electron chi connectivity index (χ4n) is 5.56. The summed E-state index contributed by atoms with van der Waals surface area (Å²) in [7, 11) is 6.16. The van der Waals surface area contributed by atoms with Crippen molar-refractivity contribution in [3.8, 4) is 17.6 Å². The number of nitrogens with zero attached hydrogens (tertiary/aromatic N) is 4. The Morgan fingerprint density at radius 2 is 2.00 bits per heavy atom. The van der Waals surface area contributed by atoms with E-state index in [1.54, 1.807) is 6.21 Å². The molecular weight excluding hydrogens is 516 g/mol. The maximum atomic E-state index is 12.7. The van der Waals surface area contributed by atoms with Crippen molar-refractivity contribution >= 4 is 29.2 Å². The van der Waals surface area contributed by atoms with E-state index in [9.17, 15) is 10.1 Å². The second kappa shape index (κ2) is 14.3. The zero-order chi connectivity index (χ0) is 29.4. The van der Waals surface area contributed by atoms with Crippen molar-refractivity contribution in [2.75, 3.05) is 58.1 Å². The van der Waals surface area contributed by atoms with Crippen LogP contribution < -0.4 is 20.1 Å². The first-order valence-electron chi connectivity index (χ1n) is 14.7. The van der Waals surface area contributed by atoms with E-state index >= 15 is 0 Å². The molecule has 2 aromatic rings. The smallest absolute Gasteiger partial charge is 0.224 e. The highest BCUT2D eigenvalue weighted by molar-refractivity contribution is 5.93. The first-order valence-corrected chi connectivity index (χ1v) is 14.7. The van der Waals surface area contributed by atoms with E-state index in [4.69, 9.17) is 9.47 Å². The van der Waals surface area contributed by atoms with Crippen molar-refractivity contribution in [2.45, 2.75) is 51.6 Å². The van der Waals surface area contributed by atoms with Crippen LogP contribution in [0.2, 0.25) is 0 Å². The molecule has 4 unspecified atom stereocenters. The number of fused-ring (bicyclic) bond motifs is 1. The standard InChI is InChI=1S/C32H44N6O3/c1-6-40-30-18-27-26(17-28(30)36-31(39)10-8-15-37(3)4)32(23(19-33)20-34-27)35-24-11-13-25(14-12-24)41-21-29-22(2)9-7-16-38(29)5/h11-14,17-18,20,22-23,29,32,35H,6-10,15-16,21H2,1-5H3,(H,36,39). The number of hydrogen-bond donors (Lipinski definition) is 2. The molecule has 1 fully saturated rings. The number of piperidine rings is 1. The van der Waals surface area contributed by atoms with Crippen molar-refractivity contribution in [1.29, 1.82) is 5.26 Å². The number of carbonyl (C=O) groups excluding carboxylic acids is 1. The molecule has 2 aliphatic heterocycles. The fourth-order valence-corrected chi connectivity index (χ4v) is 5.56. The molecule has 0 spiro atoms. The van der Waals surface area contributed by atoms with Crippen LogP contribution in [-0.2, 0) is 4.79 Å². The maximum absolute atomic E-state index is 12.7. The first kappa shape index (κ1) is 30.4. The van der Waals surface area contributed by atoms with Gasteiger partial charge in [0.25, 0.3) is 0 Å². The molecular formula is C32H44N6O3. The van der Waals surface area contributed by atoms with E-state index in [1.807, 2.05) is 57.4 Å². The van der Waals surface area contributed by atoms with Crippen LogP contribution in [0.4, 0.5) is 17.1 Å². The number of benzene rings is 2. The monoisotopic (exact) mass is 560 g/mol. The minimum Gasteiger partial charge on any atom is -0.492 e. The van der Waals surface area contributed by atoms with Gasteiger partial charge in [0.15, 0.2) is 0 Å². The number of aliphatic imine (C=N–C) groups is 1. The number of anilines is 2. The van der Waals surface area contributed by atoms with Gasteiger partial charge in [-0.2, -0.15) is 5.26 Å². The molecule has 0 bridgehead atoms. The quantitative estimate of drug-likeness (QED) is 0.354. The van der Waals surface area contributed by atoms with Gasteiger partial charge in [0.05, 0.1) is 30.1 Å². The van der Waals surface area contributed by atoms with Gasteiger partial charge in [-0.25, -0.2) is 0 Å². The third kappa shape index (κ3) is 7.99. The summed E-state index contributed by atoms with van der Waals surface area (Å²) in [5.74, 6) is 1.45. The van der Waals surface area contributed by atoms with Crippen LogP contribution in [0.15, 0.2) is 41.4 Å². The molecule has 9 heteroatoms. The zero-order valence-electron chi connectivity index (χ0n) is 25.0. The Labute approximate surface area is 244 Å². The number of amides is 1. The Morgan fingerprint density at radius 1 is 1.22 bits per heavy atom. The van der Waals surface area contributed by atoms with Gasteiger partial charge in [0.1, 0.15) is 24.0 Å². The minimum absolute atomic E-state index is 0.0715.